The maximum atomic E-state index is 13.1. The van der Waals surface area contributed by atoms with Crippen LogP contribution in [0.2, 0.25) is 0 Å². The topological polar surface area (TPSA) is 62.3 Å². The fraction of sp³-hybridized carbons (Fsp3) is 0.261. The summed E-state index contributed by atoms with van der Waals surface area (Å²) in [7, 11) is 1.63. The van der Waals surface area contributed by atoms with Crippen molar-refractivity contribution in [1.82, 2.24) is 9.88 Å². The number of benzene rings is 2. The van der Waals surface area contributed by atoms with Crippen LogP contribution in [-0.4, -0.2) is 35.3 Å². The standard InChI is InChI=1S/C23H24BrN3O2/c1-13-9-14(2)22(15(3)10-13)26-20(28)12-27(5)23(29)17-11-16(4)25-19-8-6-7-18(24)21(17)19/h6-11H,12H2,1-5H3,(H,26,28). The minimum atomic E-state index is -0.231. The van der Waals surface area contributed by atoms with Crippen molar-refractivity contribution in [3.63, 3.8) is 0 Å². The molecule has 29 heavy (non-hydrogen) atoms. The van der Waals surface area contributed by atoms with Crippen LogP contribution >= 0.6 is 15.9 Å². The molecular weight excluding hydrogens is 430 g/mol. The summed E-state index contributed by atoms with van der Waals surface area (Å²) in [5.41, 5.74) is 5.98. The highest BCUT2D eigenvalue weighted by molar-refractivity contribution is 9.10. The molecule has 3 aromatic rings. The Balaban J connectivity index is 1.83. The van der Waals surface area contributed by atoms with Crippen molar-refractivity contribution in [1.29, 1.82) is 0 Å². The van der Waals surface area contributed by atoms with Gasteiger partial charge in [0.2, 0.25) is 5.91 Å². The number of rotatable bonds is 4. The minimum absolute atomic E-state index is 0.0428. The number of anilines is 1. The second-order valence-corrected chi connectivity index (χ2v) is 8.28. The van der Waals surface area contributed by atoms with Gasteiger partial charge in [0.1, 0.15) is 0 Å². The van der Waals surface area contributed by atoms with E-state index in [0.29, 0.717) is 5.56 Å². The summed E-state index contributed by atoms with van der Waals surface area (Å²) in [6, 6.07) is 11.5. The van der Waals surface area contributed by atoms with E-state index in [4.69, 9.17) is 0 Å². The van der Waals surface area contributed by atoms with Crippen molar-refractivity contribution in [2.45, 2.75) is 27.7 Å². The molecule has 0 aliphatic heterocycles. The molecule has 0 spiro atoms. The highest BCUT2D eigenvalue weighted by Gasteiger charge is 2.20. The summed E-state index contributed by atoms with van der Waals surface area (Å²) in [5.74, 6) is -0.454. The number of pyridine rings is 1. The first kappa shape index (κ1) is 21.0. The highest BCUT2D eigenvalue weighted by atomic mass is 79.9. The Morgan fingerprint density at radius 3 is 2.38 bits per heavy atom. The predicted octanol–water partition coefficient (Wildman–Crippen LogP) is 4.94. The molecule has 0 aliphatic rings. The number of fused-ring (bicyclic) bond motifs is 1. The number of aryl methyl sites for hydroxylation is 4. The molecule has 6 heteroatoms. The van der Waals surface area contributed by atoms with E-state index in [1.54, 1.807) is 13.1 Å². The quantitative estimate of drug-likeness (QED) is 0.608. The fourth-order valence-corrected chi connectivity index (χ4v) is 4.16. The van der Waals surface area contributed by atoms with Gasteiger partial charge in [-0.1, -0.05) is 39.7 Å². The lowest BCUT2D eigenvalue weighted by Gasteiger charge is -2.20. The number of hydrogen-bond donors (Lipinski definition) is 1. The van der Waals surface area contributed by atoms with E-state index in [-0.39, 0.29) is 18.4 Å². The molecule has 0 fully saturated rings. The van der Waals surface area contributed by atoms with Gasteiger partial charge in [-0.05, 0) is 57.0 Å². The molecule has 0 aliphatic carbocycles. The van der Waals surface area contributed by atoms with Crippen LogP contribution in [0, 0.1) is 27.7 Å². The Hall–Kier alpha value is -2.73. The third-order valence-electron chi connectivity index (χ3n) is 4.81. The molecule has 5 nitrogen and oxygen atoms in total. The van der Waals surface area contributed by atoms with Crippen LogP contribution in [0.1, 0.15) is 32.7 Å². The Labute approximate surface area is 179 Å². The maximum absolute atomic E-state index is 13.1. The molecule has 0 unspecified atom stereocenters. The van der Waals surface area contributed by atoms with Crippen LogP contribution in [0.15, 0.2) is 40.9 Å². The van der Waals surface area contributed by atoms with Gasteiger partial charge in [-0.2, -0.15) is 0 Å². The molecule has 0 radical (unpaired) electrons. The first-order valence-corrected chi connectivity index (χ1v) is 10.2. The first-order chi connectivity index (χ1) is 13.7. The number of nitrogens with zero attached hydrogens (tertiary/aromatic N) is 2. The van der Waals surface area contributed by atoms with Gasteiger partial charge in [-0.15, -0.1) is 0 Å². The number of hydrogen-bond acceptors (Lipinski definition) is 3. The van der Waals surface area contributed by atoms with Gasteiger partial charge in [-0.3, -0.25) is 14.6 Å². The van der Waals surface area contributed by atoms with Gasteiger partial charge in [0.15, 0.2) is 0 Å². The summed E-state index contributed by atoms with van der Waals surface area (Å²) < 4.78 is 0.801. The fourth-order valence-electron chi connectivity index (χ4n) is 3.59. The van der Waals surface area contributed by atoms with Crippen molar-refractivity contribution in [2.75, 3.05) is 18.9 Å². The minimum Gasteiger partial charge on any atom is -0.332 e. The zero-order valence-corrected chi connectivity index (χ0v) is 18.8. The molecule has 150 valence electrons. The normalized spacial score (nSPS) is 10.8. The average molecular weight is 454 g/mol. The molecule has 1 aromatic heterocycles. The number of amides is 2. The second-order valence-electron chi connectivity index (χ2n) is 7.43. The number of aromatic nitrogens is 1. The predicted molar refractivity (Wildman–Crippen MR) is 120 cm³/mol. The first-order valence-electron chi connectivity index (χ1n) is 9.36. The van der Waals surface area contributed by atoms with Crippen LogP contribution < -0.4 is 5.32 Å². The lowest BCUT2D eigenvalue weighted by molar-refractivity contribution is -0.116. The number of likely N-dealkylation sites (N-methyl/N-ethyl adjacent to an activating group) is 1. The van der Waals surface area contributed by atoms with Gasteiger partial charge in [0, 0.05) is 28.3 Å². The monoisotopic (exact) mass is 453 g/mol. The molecule has 2 aromatic carbocycles. The van der Waals surface area contributed by atoms with E-state index in [9.17, 15) is 9.59 Å². The van der Waals surface area contributed by atoms with Crippen molar-refractivity contribution in [2.24, 2.45) is 0 Å². The summed E-state index contributed by atoms with van der Waals surface area (Å²) in [4.78, 5) is 31.7. The van der Waals surface area contributed by atoms with Crippen LogP contribution in [0.25, 0.3) is 10.9 Å². The van der Waals surface area contributed by atoms with E-state index >= 15 is 0 Å². The molecule has 0 atom stereocenters. The molecular formula is C23H24BrN3O2. The van der Waals surface area contributed by atoms with Crippen molar-refractivity contribution in [3.8, 4) is 0 Å². The number of carbonyl (C=O) groups is 2. The Morgan fingerprint density at radius 2 is 1.72 bits per heavy atom. The van der Waals surface area contributed by atoms with Crippen molar-refractivity contribution >= 4 is 44.3 Å². The molecule has 1 heterocycles. The average Bonchev–Trinajstić information content (AvgIpc) is 2.63. The maximum Gasteiger partial charge on any atom is 0.254 e. The van der Waals surface area contributed by atoms with Crippen molar-refractivity contribution < 1.29 is 9.59 Å². The van der Waals surface area contributed by atoms with E-state index in [0.717, 1.165) is 43.4 Å². The Morgan fingerprint density at radius 1 is 1.07 bits per heavy atom. The van der Waals surface area contributed by atoms with Crippen LogP contribution in [0.4, 0.5) is 5.69 Å². The molecule has 0 saturated heterocycles. The van der Waals surface area contributed by atoms with Crippen LogP contribution in [0.5, 0.6) is 0 Å². The highest BCUT2D eigenvalue weighted by Crippen LogP contribution is 2.28. The molecule has 3 rings (SSSR count). The summed E-state index contributed by atoms with van der Waals surface area (Å²) >= 11 is 3.52. The summed E-state index contributed by atoms with van der Waals surface area (Å²) in [6.45, 7) is 7.77. The summed E-state index contributed by atoms with van der Waals surface area (Å²) in [6.07, 6.45) is 0. The van der Waals surface area contributed by atoms with E-state index < -0.39 is 0 Å². The smallest absolute Gasteiger partial charge is 0.254 e. The SMILES string of the molecule is Cc1cc(C)c(NC(=O)CN(C)C(=O)c2cc(C)nc3cccc(Br)c23)c(C)c1. The van der Waals surface area contributed by atoms with Gasteiger partial charge < -0.3 is 10.2 Å². The zero-order valence-electron chi connectivity index (χ0n) is 17.3. The Kier molecular flexibility index (Phi) is 6.03. The largest absolute Gasteiger partial charge is 0.332 e. The third kappa shape index (κ3) is 4.48. The van der Waals surface area contributed by atoms with E-state index in [1.165, 1.54) is 4.90 Å². The van der Waals surface area contributed by atoms with Crippen LogP contribution in [0.3, 0.4) is 0 Å². The third-order valence-corrected chi connectivity index (χ3v) is 5.47. The number of carbonyl (C=O) groups excluding carboxylic acids is 2. The zero-order chi connectivity index (χ0) is 21.3. The molecule has 2 amide bonds. The molecule has 1 N–H and O–H groups in total. The Bertz CT molecular complexity index is 1100. The van der Waals surface area contributed by atoms with E-state index in [1.807, 2.05) is 58.0 Å². The van der Waals surface area contributed by atoms with Gasteiger partial charge in [0.05, 0.1) is 17.6 Å². The van der Waals surface area contributed by atoms with Gasteiger partial charge >= 0.3 is 0 Å². The lowest BCUT2D eigenvalue weighted by atomic mass is 10.0. The molecule has 0 bridgehead atoms. The van der Waals surface area contributed by atoms with Crippen molar-refractivity contribution in [3.05, 3.63) is 68.8 Å². The number of nitrogens with one attached hydrogen (secondary N) is 1. The number of halogens is 1. The molecule has 0 saturated carbocycles. The van der Waals surface area contributed by atoms with Gasteiger partial charge in [-0.25, -0.2) is 0 Å². The second kappa shape index (κ2) is 8.33. The van der Waals surface area contributed by atoms with Gasteiger partial charge in [0.25, 0.3) is 5.91 Å². The summed E-state index contributed by atoms with van der Waals surface area (Å²) in [5, 5.41) is 3.70. The van der Waals surface area contributed by atoms with E-state index in [2.05, 4.69) is 26.2 Å². The lowest BCUT2D eigenvalue weighted by Crippen LogP contribution is -2.35. The van der Waals surface area contributed by atoms with Crippen LogP contribution in [-0.2, 0) is 4.79 Å².